The highest BCUT2D eigenvalue weighted by molar-refractivity contribution is 7.92. The van der Waals surface area contributed by atoms with Gasteiger partial charge in [0.05, 0.1) is 28.6 Å². The number of fused-ring (bicyclic) bond motifs is 1. The number of ether oxygens (including phenoxy) is 1. The van der Waals surface area contributed by atoms with E-state index in [1.807, 2.05) is 39.0 Å². The number of carbonyl (C=O) groups excluding carboxylic acids is 1. The van der Waals surface area contributed by atoms with Crippen molar-refractivity contribution < 1.29 is 17.9 Å². The average molecular weight is 437 g/mol. The molecule has 1 atom stereocenters. The summed E-state index contributed by atoms with van der Waals surface area (Å²) in [4.78, 5) is 13.0. The Labute approximate surface area is 176 Å². The minimum Gasteiger partial charge on any atom is -0.487 e. The Hall–Kier alpha value is -2.25. The van der Waals surface area contributed by atoms with Crippen LogP contribution in [0.25, 0.3) is 0 Å². The molecule has 3 rings (SSSR count). The SMILES string of the molecule is Cc1ccc2c(c1)OC(C)(C)C[C@@H]2NC(=O)c1cc(N(C)S(C)(=O)=O)ccc1Cl. The van der Waals surface area contributed by atoms with Gasteiger partial charge in [-0.05, 0) is 50.6 Å². The Balaban J connectivity index is 1.93. The van der Waals surface area contributed by atoms with Gasteiger partial charge in [-0.25, -0.2) is 8.42 Å². The molecule has 6 nitrogen and oxygen atoms in total. The number of rotatable bonds is 4. The number of aryl methyl sites for hydroxylation is 1. The lowest BCUT2D eigenvalue weighted by molar-refractivity contribution is 0.0619. The predicted molar refractivity (Wildman–Crippen MR) is 115 cm³/mol. The van der Waals surface area contributed by atoms with Crippen LogP contribution in [0.1, 0.15) is 47.8 Å². The summed E-state index contributed by atoms with van der Waals surface area (Å²) in [6.07, 6.45) is 1.69. The number of nitrogens with zero attached hydrogens (tertiary/aromatic N) is 1. The highest BCUT2D eigenvalue weighted by atomic mass is 35.5. The number of amides is 1. The van der Waals surface area contributed by atoms with Gasteiger partial charge in [0, 0.05) is 19.0 Å². The molecule has 0 aromatic heterocycles. The van der Waals surface area contributed by atoms with E-state index in [0.717, 1.165) is 27.4 Å². The fourth-order valence-corrected chi connectivity index (χ4v) is 4.10. The van der Waals surface area contributed by atoms with Crippen LogP contribution in [-0.2, 0) is 10.0 Å². The van der Waals surface area contributed by atoms with Gasteiger partial charge in [0.25, 0.3) is 5.91 Å². The first kappa shape index (κ1) is 21.5. The molecular formula is C21H25ClN2O4S. The molecule has 0 radical (unpaired) electrons. The summed E-state index contributed by atoms with van der Waals surface area (Å²) >= 11 is 6.25. The molecule has 29 heavy (non-hydrogen) atoms. The molecule has 2 aromatic rings. The van der Waals surface area contributed by atoms with E-state index in [4.69, 9.17) is 16.3 Å². The lowest BCUT2D eigenvalue weighted by Crippen LogP contribution is -2.41. The molecule has 0 saturated heterocycles. The number of benzene rings is 2. The predicted octanol–water partition coefficient (Wildman–Crippen LogP) is 4.08. The number of hydrogen-bond donors (Lipinski definition) is 1. The summed E-state index contributed by atoms with van der Waals surface area (Å²) in [5.74, 6) is 0.385. The Morgan fingerprint density at radius 3 is 2.59 bits per heavy atom. The van der Waals surface area contributed by atoms with E-state index in [1.165, 1.54) is 19.2 Å². The second-order valence-corrected chi connectivity index (χ2v) is 10.4. The Morgan fingerprint density at radius 2 is 1.93 bits per heavy atom. The van der Waals surface area contributed by atoms with Crippen LogP contribution in [0.15, 0.2) is 36.4 Å². The van der Waals surface area contributed by atoms with Crippen molar-refractivity contribution in [3.63, 3.8) is 0 Å². The van der Waals surface area contributed by atoms with Gasteiger partial charge >= 0.3 is 0 Å². The summed E-state index contributed by atoms with van der Waals surface area (Å²) in [6.45, 7) is 5.95. The van der Waals surface area contributed by atoms with Crippen LogP contribution < -0.4 is 14.4 Å². The molecule has 0 bridgehead atoms. The molecule has 1 N–H and O–H groups in total. The van der Waals surface area contributed by atoms with Crippen LogP contribution in [0, 0.1) is 6.92 Å². The lowest BCUT2D eigenvalue weighted by atomic mass is 9.89. The maximum atomic E-state index is 13.0. The third kappa shape index (κ3) is 4.67. The number of nitrogens with one attached hydrogen (secondary N) is 1. The second-order valence-electron chi connectivity index (χ2n) is 8.03. The third-order valence-corrected chi connectivity index (χ3v) is 6.52. The van der Waals surface area contributed by atoms with E-state index in [-0.39, 0.29) is 22.5 Å². The van der Waals surface area contributed by atoms with E-state index in [9.17, 15) is 13.2 Å². The smallest absolute Gasteiger partial charge is 0.253 e. The lowest BCUT2D eigenvalue weighted by Gasteiger charge is -2.38. The zero-order valence-electron chi connectivity index (χ0n) is 17.1. The van der Waals surface area contributed by atoms with Crippen molar-refractivity contribution in [3.8, 4) is 5.75 Å². The fraction of sp³-hybridized carbons (Fsp3) is 0.381. The summed E-state index contributed by atoms with van der Waals surface area (Å²) in [5.41, 5.74) is 2.12. The van der Waals surface area contributed by atoms with Crippen molar-refractivity contribution in [1.29, 1.82) is 0 Å². The van der Waals surface area contributed by atoms with Crippen LogP contribution in [0.2, 0.25) is 5.02 Å². The molecule has 156 valence electrons. The molecule has 1 amide bonds. The van der Waals surface area contributed by atoms with E-state index >= 15 is 0 Å². The molecule has 0 aliphatic carbocycles. The largest absolute Gasteiger partial charge is 0.487 e. The van der Waals surface area contributed by atoms with Crippen LogP contribution in [0.5, 0.6) is 5.75 Å². The quantitative estimate of drug-likeness (QED) is 0.783. The van der Waals surface area contributed by atoms with E-state index in [1.54, 1.807) is 6.07 Å². The minimum atomic E-state index is -3.46. The Morgan fingerprint density at radius 1 is 1.24 bits per heavy atom. The van der Waals surface area contributed by atoms with Gasteiger partial charge in [0.1, 0.15) is 11.4 Å². The van der Waals surface area contributed by atoms with E-state index < -0.39 is 15.6 Å². The van der Waals surface area contributed by atoms with Crippen LogP contribution >= 0.6 is 11.6 Å². The van der Waals surface area contributed by atoms with Crippen LogP contribution in [-0.4, -0.2) is 33.2 Å². The number of sulfonamides is 1. The molecule has 0 unspecified atom stereocenters. The molecule has 1 heterocycles. The fourth-order valence-electron chi connectivity index (χ4n) is 3.40. The first-order chi connectivity index (χ1) is 13.4. The molecule has 8 heteroatoms. The average Bonchev–Trinajstić information content (AvgIpc) is 2.59. The van der Waals surface area contributed by atoms with Crippen molar-refractivity contribution >= 4 is 33.2 Å². The van der Waals surface area contributed by atoms with Crippen LogP contribution in [0.3, 0.4) is 0 Å². The first-order valence-corrected chi connectivity index (χ1v) is 11.4. The van der Waals surface area contributed by atoms with Crippen molar-refractivity contribution in [2.45, 2.75) is 38.8 Å². The first-order valence-electron chi connectivity index (χ1n) is 9.21. The molecule has 1 aliphatic heterocycles. The highest BCUT2D eigenvalue weighted by Gasteiger charge is 2.35. The van der Waals surface area contributed by atoms with Gasteiger partial charge < -0.3 is 10.1 Å². The number of carbonyl (C=O) groups is 1. The number of hydrogen-bond acceptors (Lipinski definition) is 4. The maximum absolute atomic E-state index is 13.0. The number of anilines is 1. The highest BCUT2D eigenvalue weighted by Crippen LogP contribution is 2.40. The minimum absolute atomic E-state index is 0.220. The monoisotopic (exact) mass is 436 g/mol. The topological polar surface area (TPSA) is 75.7 Å². The molecule has 1 aliphatic rings. The van der Waals surface area contributed by atoms with Gasteiger partial charge in [0.15, 0.2) is 0 Å². The Kier molecular flexibility index (Phi) is 5.58. The van der Waals surface area contributed by atoms with Crippen molar-refractivity contribution in [1.82, 2.24) is 5.32 Å². The third-order valence-electron chi connectivity index (χ3n) is 4.99. The van der Waals surface area contributed by atoms with Gasteiger partial charge in [-0.15, -0.1) is 0 Å². The molecule has 0 fully saturated rings. The van der Waals surface area contributed by atoms with E-state index in [0.29, 0.717) is 12.1 Å². The zero-order chi connectivity index (χ0) is 21.6. The number of halogens is 1. The second kappa shape index (κ2) is 7.54. The summed E-state index contributed by atoms with van der Waals surface area (Å²) < 4.78 is 30.8. The van der Waals surface area contributed by atoms with E-state index in [2.05, 4.69) is 5.32 Å². The summed E-state index contributed by atoms with van der Waals surface area (Å²) in [7, 11) is -2.03. The molecule has 0 saturated carbocycles. The standard InChI is InChI=1S/C21H25ClN2O4S/c1-13-6-8-15-18(12-21(2,3)28-19(15)10-13)23-20(25)16-11-14(7-9-17(16)22)24(4)29(5,26)27/h6-11,18H,12H2,1-5H3,(H,23,25)/t18-/m0/s1. The molecule has 2 aromatic carbocycles. The van der Waals surface area contributed by atoms with Crippen molar-refractivity contribution in [2.24, 2.45) is 0 Å². The summed E-state index contributed by atoms with van der Waals surface area (Å²) in [6, 6.07) is 10.2. The summed E-state index contributed by atoms with van der Waals surface area (Å²) in [5, 5.41) is 3.29. The van der Waals surface area contributed by atoms with Crippen molar-refractivity contribution in [2.75, 3.05) is 17.6 Å². The Bertz CT molecular complexity index is 1070. The maximum Gasteiger partial charge on any atom is 0.253 e. The molecule has 0 spiro atoms. The van der Waals surface area contributed by atoms with Crippen LogP contribution in [0.4, 0.5) is 5.69 Å². The normalized spacial score (nSPS) is 17.8. The van der Waals surface area contributed by atoms with Gasteiger partial charge in [-0.1, -0.05) is 23.7 Å². The van der Waals surface area contributed by atoms with Gasteiger partial charge in [0.2, 0.25) is 10.0 Å². The zero-order valence-corrected chi connectivity index (χ0v) is 18.7. The van der Waals surface area contributed by atoms with Gasteiger partial charge in [-0.2, -0.15) is 0 Å². The van der Waals surface area contributed by atoms with Gasteiger partial charge in [-0.3, -0.25) is 9.10 Å². The molecular weight excluding hydrogens is 412 g/mol. The van der Waals surface area contributed by atoms with Crippen molar-refractivity contribution in [3.05, 3.63) is 58.1 Å².